The van der Waals surface area contributed by atoms with Crippen molar-refractivity contribution in [2.45, 2.75) is 0 Å². The van der Waals surface area contributed by atoms with Gasteiger partial charge in [0.1, 0.15) is 0 Å². The summed E-state index contributed by atoms with van der Waals surface area (Å²) in [5, 5.41) is 9.93. The van der Waals surface area contributed by atoms with Crippen LogP contribution in [0.3, 0.4) is 0 Å². The zero-order chi connectivity index (χ0) is 45.9. The van der Waals surface area contributed by atoms with Crippen LogP contribution in [0.15, 0.2) is 255 Å². The highest BCUT2D eigenvalue weighted by Crippen LogP contribution is 2.44. The van der Waals surface area contributed by atoms with Gasteiger partial charge in [0.2, 0.25) is 0 Å². The number of rotatable bonds is 6. The monoisotopic (exact) mass is 890 g/mol. The van der Waals surface area contributed by atoms with Crippen molar-refractivity contribution in [2.75, 3.05) is 0 Å². The van der Waals surface area contributed by atoms with E-state index in [1.807, 2.05) is 0 Å². The number of hydrogen-bond donors (Lipinski definition) is 0. The molecule has 0 fully saturated rings. The molecule has 15 rings (SSSR count). The molecule has 0 aliphatic heterocycles. The first-order chi connectivity index (χ1) is 34.8. The van der Waals surface area contributed by atoms with Crippen LogP contribution in [0.25, 0.3) is 132 Å². The lowest BCUT2D eigenvalue weighted by atomic mass is 9.97. The Morgan fingerprint density at radius 1 is 0.171 bits per heavy atom. The molecule has 4 heterocycles. The molecule has 15 aromatic rings. The largest absolute Gasteiger partial charge is 0.307 e. The molecule has 4 nitrogen and oxygen atoms in total. The third kappa shape index (κ3) is 5.59. The number of para-hydroxylation sites is 6. The lowest BCUT2D eigenvalue weighted by Gasteiger charge is -2.13. The van der Waals surface area contributed by atoms with Gasteiger partial charge in [0, 0.05) is 65.8 Å². The van der Waals surface area contributed by atoms with Gasteiger partial charge in [0.25, 0.3) is 0 Å². The Kier molecular flexibility index (Phi) is 8.33. The van der Waals surface area contributed by atoms with Crippen molar-refractivity contribution < 1.29 is 0 Å². The summed E-state index contributed by atoms with van der Waals surface area (Å²) in [6, 6.07) is 93.3. The molecule has 70 heavy (non-hydrogen) atoms. The third-order valence-corrected chi connectivity index (χ3v) is 14.7. The van der Waals surface area contributed by atoms with Crippen LogP contribution in [-0.2, 0) is 0 Å². The maximum atomic E-state index is 2.47. The van der Waals surface area contributed by atoms with Gasteiger partial charge in [-0.3, -0.25) is 0 Å². The van der Waals surface area contributed by atoms with E-state index >= 15 is 0 Å². The van der Waals surface area contributed by atoms with Crippen molar-refractivity contribution >= 4 is 87.2 Å². The molecule has 4 aromatic heterocycles. The van der Waals surface area contributed by atoms with E-state index in [0.717, 1.165) is 22.7 Å². The molecule has 11 aromatic carbocycles. The molecule has 0 saturated heterocycles. The minimum atomic E-state index is 1.13. The van der Waals surface area contributed by atoms with Gasteiger partial charge in [-0.25, -0.2) is 0 Å². The Balaban J connectivity index is 0.885. The summed E-state index contributed by atoms with van der Waals surface area (Å²) in [7, 11) is 0. The van der Waals surface area contributed by atoms with Crippen LogP contribution < -0.4 is 0 Å². The molecule has 0 aliphatic carbocycles. The average Bonchev–Trinajstić information content (AvgIpc) is 4.17. The van der Waals surface area contributed by atoms with Crippen LogP contribution >= 0.6 is 0 Å². The number of fused-ring (bicyclic) bond motifs is 14. The van der Waals surface area contributed by atoms with Crippen LogP contribution in [0.5, 0.6) is 0 Å². The summed E-state index contributed by atoms with van der Waals surface area (Å²) in [6.07, 6.45) is 0. The fraction of sp³-hybridized carbons (Fsp3) is 0. The zero-order valence-electron chi connectivity index (χ0n) is 38.0. The van der Waals surface area contributed by atoms with E-state index in [1.165, 1.54) is 109 Å². The summed E-state index contributed by atoms with van der Waals surface area (Å²) < 4.78 is 9.84. The van der Waals surface area contributed by atoms with Crippen molar-refractivity contribution in [2.24, 2.45) is 0 Å². The van der Waals surface area contributed by atoms with Gasteiger partial charge in [-0.05, 0) is 107 Å². The fourth-order valence-electron chi connectivity index (χ4n) is 11.7. The second kappa shape index (κ2) is 15.1. The highest BCUT2D eigenvalue weighted by molar-refractivity contribution is 6.25. The van der Waals surface area contributed by atoms with Crippen molar-refractivity contribution in [1.29, 1.82) is 0 Å². The molecular weight excluding hydrogens is 849 g/mol. The van der Waals surface area contributed by atoms with Gasteiger partial charge in [-0.2, -0.15) is 0 Å². The second-order valence-corrected chi connectivity index (χ2v) is 18.5. The van der Waals surface area contributed by atoms with E-state index < -0.39 is 0 Å². The Morgan fingerprint density at radius 3 is 0.914 bits per heavy atom. The maximum absolute atomic E-state index is 2.47. The SMILES string of the molecule is c1ccc(-n2c3ccccc3c3ccc4c5ccccc5n(-c5ccc(-c6cccc(-c7ccc8c(c7)c7ccc9c%10ccccc%10n(-c%10ccccc%10)c9c7n8-c7ccccc7)c6)cc5)c4c32)cc1. The normalized spacial score (nSPS) is 12.0. The van der Waals surface area contributed by atoms with Crippen molar-refractivity contribution in [3.05, 3.63) is 255 Å². The molecule has 0 saturated carbocycles. The first kappa shape index (κ1) is 38.7. The molecule has 0 N–H and O–H groups in total. The minimum absolute atomic E-state index is 1.13. The molecule has 0 bridgehead atoms. The number of nitrogens with zero attached hydrogens (tertiary/aromatic N) is 4. The maximum Gasteiger partial charge on any atom is 0.0788 e. The topological polar surface area (TPSA) is 19.7 Å². The molecule has 0 amide bonds. The molecule has 0 aliphatic rings. The summed E-state index contributed by atoms with van der Waals surface area (Å²) in [5.41, 5.74) is 18.9. The molecule has 0 atom stereocenters. The summed E-state index contributed by atoms with van der Waals surface area (Å²) >= 11 is 0. The van der Waals surface area contributed by atoms with E-state index in [4.69, 9.17) is 0 Å². The minimum Gasteiger partial charge on any atom is -0.307 e. The molecule has 326 valence electrons. The van der Waals surface area contributed by atoms with Crippen molar-refractivity contribution in [3.8, 4) is 45.0 Å². The Labute approximate surface area is 403 Å². The first-order valence-corrected chi connectivity index (χ1v) is 24.1. The average molecular weight is 891 g/mol. The van der Waals surface area contributed by atoms with Crippen LogP contribution in [0, 0.1) is 0 Å². The highest BCUT2D eigenvalue weighted by atomic mass is 15.1. The van der Waals surface area contributed by atoms with Gasteiger partial charge in [0.05, 0.1) is 44.1 Å². The van der Waals surface area contributed by atoms with Crippen LogP contribution in [0.2, 0.25) is 0 Å². The van der Waals surface area contributed by atoms with Gasteiger partial charge < -0.3 is 18.3 Å². The molecule has 0 radical (unpaired) electrons. The highest BCUT2D eigenvalue weighted by Gasteiger charge is 2.23. The van der Waals surface area contributed by atoms with Gasteiger partial charge in [-0.15, -0.1) is 0 Å². The Bertz CT molecular complexity index is 4550. The molecule has 0 spiro atoms. The van der Waals surface area contributed by atoms with E-state index in [2.05, 4.69) is 273 Å². The van der Waals surface area contributed by atoms with Crippen molar-refractivity contribution in [1.82, 2.24) is 18.3 Å². The molecule has 0 unspecified atom stereocenters. The summed E-state index contributed by atoms with van der Waals surface area (Å²) in [4.78, 5) is 0. The lowest BCUT2D eigenvalue weighted by molar-refractivity contribution is 1.15. The second-order valence-electron chi connectivity index (χ2n) is 18.5. The fourth-order valence-corrected chi connectivity index (χ4v) is 11.7. The summed E-state index contributed by atoms with van der Waals surface area (Å²) in [6.45, 7) is 0. The number of aromatic nitrogens is 4. The summed E-state index contributed by atoms with van der Waals surface area (Å²) in [5.74, 6) is 0. The zero-order valence-corrected chi connectivity index (χ0v) is 38.0. The van der Waals surface area contributed by atoms with Crippen molar-refractivity contribution in [3.63, 3.8) is 0 Å². The Morgan fingerprint density at radius 2 is 0.486 bits per heavy atom. The van der Waals surface area contributed by atoms with E-state index in [-0.39, 0.29) is 0 Å². The van der Waals surface area contributed by atoms with Crippen LogP contribution in [-0.4, -0.2) is 18.3 Å². The molecular formula is C66H42N4. The first-order valence-electron chi connectivity index (χ1n) is 24.1. The van der Waals surface area contributed by atoms with Crippen LogP contribution in [0.1, 0.15) is 0 Å². The number of hydrogen-bond acceptors (Lipinski definition) is 0. The van der Waals surface area contributed by atoms with Gasteiger partial charge >= 0.3 is 0 Å². The van der Waals surface area contributed by atoms with Crippen LogP contribution in [0.4, 0.5) is 0 Å². The van der Waals surface area contributed by atoms with Gasteiger partial charge in [0.15, 0.2) is 0 Å². The third-order valence-electron chi connectivity index (χ3n) is 14.7. The van der Waals surface area contributed by atoms with E-state index in [0.29, 0.717) is 0 Å². The van der Waals surface area contributed by atoms with Gasteiger partial charge in [-0.1, -0.05) is 170 Å². The quantitative estimate of drug-likeness (QED) is 0.158. The van der Waals surface area contributed by atoms with E-state index in [9.17, 15) is 0 Å². The lowest BCUT2D eigenvalue weighted by Crippen LogP contribution is -1.98. The standard InChI is InChI=1S/C66H42N4/c1-4-19-47(20-5-1)67-59-28-13-10-25-51(59)54-36-37-55-53-27-12-15-30-61(53)70(64(55)63(54)67)50-34-31-43(32-35-50)44-17-16-18-45(41-44)46-33-40-62-58(42-46)57-39-38-56-52-26-11-14-29-60(52)68(48-21-6-2-7-22-48)65(56)66(57)69(62)49-23-8-3-9-24-49/h1-42H. The predicted octanol–water partition coefficient (Wildman–Crippen LogP) is 17.4. The van der Waals surface area contributed by atoms with E-state index in [1.54, 1.807) is 0 Å². The predicted molar refractivity (Wildman–Crippen MR) is 295 cm³/mol. The smallest absolute Gasteiger partial charge is 0.0788 e. The Hall–Kier alpha value is -9.38. The number of benzene rings is 11. The molecule has 4 heteroatoms.